The van der Waals surface area contributed by atoms with E-state index in [-0.39, 0.29) is 6.10 Å². The van der Waals surface area contributed by atoms with Crippen LogP contribution in [0.3, 0.4) is 0 Å². The second kappa shape index (κ2) is 15.1. The van der Waals surface area contributed by atoms with Gasteiger partial charge in [-0.15, -0.1) is 0 Å². The monoisotopic (exact) mass is 309 g/mol. The van der Waals surface area contributed by atoms with Crippen molar-refractivity contribution in [3.05, 3.63) is 35.9 Å². The van der Waals surface area contributed by atoms with Gasteiger partial charge in [0.1, 0.15) is 0 Å². The lowest BCUT2D eigenvalue weighted by Gasteiger charge is -2.31. The number of hydrogen-bond donors (Lipinski definition) is 1. The summed E-state index contributed by atoms with van der Waals surface area (Å²) in [7, 11) is 2.10. The van der Waals surface area contributed by atoms with Crippen molar-refractivity contribution >= 4 is 0 Å². The third kappa shape index (κ3) is 9.97. The normalized spacial score (nSPS) is 14.1. The number of aliphatic hydroxyl groups excluding tert-OH is 1. The van der Waals surface area contributed by atoms with Crippen LogP contribution >= 0.6 is 0 Å². The molecule has 1 aromatic rings. The summed E-state index contributed by atoms with van der Waals surface area (Å²) in [5.74, 6) is 0.585. The van der Waals surface area contributed by atoms with E-state index in [1.807, 2.05) is 34.6 Å². The zero-order valence-corrected chi connectivity index (χ0v) is 16.1. The van der Waals surface area contributed by atoms with E-state index in [0.29, 0.717) is 12.0 Å². The van der Waals surface area contributed by atoms with E-state index >= 15 is 0 Å². The van der Waals surface area contributed by atoms with Crippen molar-refractivity contribution < 1.29 is 5.11 Å². The highest BCUT2D eigenvalue weighted by atomic mass is 16.3. The van der Waals surface area contributed by atoms with Crippen LogP contribution in [0.15, 0.2) is 30.3 Å². The molecule has 3 unspecified atom stereocenters. The number of aliphatic hydroxyl groups is 1. The molecule has 3 atom stereocenters. The van der Waals surface area contributed by atoms with Crippen LogP contribution in [0, 0.1) is 5.92 Å². The summed E-state index contributed by atoms with van der Waals surface area (Å²) in [6, 6.07) is 11.1. The summed E-state index contributed by atoms with van der Waals surface area (Å²) in [4.78, 5) is 2.27. The van der Waals surface area contributed by atoms with Gasteiger partial charge in [-0.3, -0.25) is 0 Å². The van der Waals surface area contributed by atoms with Gasteiger partial charge in [0.2, 0.25) is 0 Å². The second-order valence-corrected chi connectivity index (χ2v) is 5.41. The van der Waals surface area contributed by atoms with Crippen molar-refractivity contribution in [1.82, 2.24) is 4.90 Å². The zero-order valence-electron chi connectivity index (χ0n) is 16.1. The molecule has 0 fully saturated rings. The van der Waals surface area contributed by atoms with E-state index in [9.17, 15) is 5.11 Å². The van der Waals surface area contributed by atoms with Crippen LogP contribution in [0.5, 0.6) is 0 Å². The van der Waals surface area contributed by atoms with Crippen molar-refractivity contribution in [2.45, 2.75) is 73.5 Å². The predicted molar refractivity (Wildman–Crippen MR) is 100 cm³/mol. The molecule has 0 saturated heterocycles. The van der Waals surface area contributed by atoms with Crippen molar-refractivity contribution in [2.75, 3.05) is 13.6 Å². The topological polar surface area (TPSA) is 23.5 Å². The quantitative estimate of drug-likeness (QED) is 0.765. The molecule has 2 nitrogen and oxygen atoms in total. The molecule has 1 rings (SSSR count). The SMILES string of the molecule is CC.CC.CCC(O)CN(C)C(C)C(C)Cc1ccccc1. The second-order valence-electron chi connectivity index (χ2n) is 5.41. The van der Waals surface area contributed by atoms with E-state index in [1.165, 1.54) is 5.56 Å². The summed E-state index contributed by atoms with van der Waals surface area (Å²) in [5.41, 5.74) is 1.39. The van der Waals surface area contributed by atoms with Gasteiger partial charge in [0.15, 0.2) is 0 Å². The van der Waals surface area contributed by atoms with Crippen molar-refractivity contribution in [3.8, 4) is 0 Å². The smallest absolute Gasteiger partial charge is 0.0664 e. The molecule has 0 spiro atoms. The molecule has 1 N–H and O–H groups in total. The Balaban J connectivity index is 0. The van der Waals surface area contributed by atoms with Crippen LogP contribution in [0.2, 0.25) is 0 Å². The third-order valence-electron chi connectivity index (χ3n) is 3.89. The van der Waals surface area contributed by atoms with E-state index in [2.05, 4.69) is 56.1 Å². The Morgan fingerprint density at radius 3 is 1.95 bits per heavy atom. The molecule has 1 aromatic carbocycles. The molecule has 0 aliphatic rings. The molecule has 2 heteroatoms. The maximum Gasteiger partial charge on any atom is 0.0664 e. The molecule has 0 aliphatic heterocycles. The Morgan fingerprint density at radius 2 is 1.50 bits per heavy atom. The Hall–Kier alpha value is -0.860. The van der Waals surface area contributed by atoms with E-state index < -0.39 is 0 Å². The Kier molecular flexibility index (Phi) is 16.0. The van der Waals surface area contributed by atoms with Crippen molar-refractivity contribution in [1.29, 1.82) is 0 Å². The fourth-order valence-electron chi connectivity index (χ4n) is 2.22. The predicted octanol–water partition coefficient (Wildman–Crippen LogP) is 5.01. The van der Waals surface area contributed by atoms with Gasteiger partial charge < -0.3 is 10.0 Å². The molecule has 0 radical (unpaired) electrons. The highest BCUT2D eigenvalue weighted by Gasteiger charge is 2.18. The van der Waals surface area contributed by atoms with Gasteiger partial charge in [-0.2, -0.15) is 0 Å². The minimum atomic E-state index is -0.207. The van der Waals surface area contributed by atoms with Gasteiger partial charge in [-0.25, -0.2) is 0 Å². The minimum Gasteiger partial charge on any atom is -0.392 e. The first kappa shape index (κ1) is 23.4. The van der Waals surface area contributed by atoms with E-state index in [0.717, 1.165) is 19.4 Å². The first-order chi connectivity index (χ1) is 10.5. The van der Waals surface area contributed by atoms with E-state index in [1.54, 1.807) is 0 Å². The molecule has 130 valence electrons. The van der Waals surface area contributed by atoms with Gasteiger partial charge in [0.05, 0.1) is 6.10 Å². The number of likely N-dealkylation sites (N-methyl/N-ethyl adjacent to an activating group) is 1. The molecule has 0 aliphatic carbocycles. The fraction of sp³-hybridized carbons (Fsp3) is 0.700. The lowest BCUT2D eigenvalue weighted by atomic mass is 9.94. The molecule has 0 saturated carbocycles. The molecule has 0 amide bonds. The van der Waals surface area contributed by atoms with Crippen LogP contribution < -0.4 is 0 Å². The van der Waals surface area contributed by atoms with Crippen molar-refractivity contribution in [3.63, 3.8) is 0 Å². The van der Waals surface area contributed by atoms with Crippen LogP contribution in [-0.4, -0.2) is 35.7 Å². The average molecular weight is 310 g/mol. The van der Waals surface area contributed by atoms with Gasteiger partial charge >= 0.3 is 0 Å². The molecule has 0 heterocycles. The number of rotatable bonds is 7. The first-order valence-electron chi connectivity index (χ1n) is 8.96. The molecule has 0 bridgehead atoms. The number of nitrogens with zero attached hydrogens (tertiary/aromatic N) is 1. The largest absolute Gasteiger partial charge is 0.392 e. The summed E-state index contributed by atoms with van der Waals surface area (Å²) in [6.45, 7) is 15.3. The standard InChI is InChI=1S/C16H27NO.2C2H6/c1-5-16(18)12-17(4)14(3)13(2)11-15-9-7-6-8-10-15;2*1-2/h6-10,13-14,16,18H,5,11-12H2,1-4H3;2*1-2H3. The van der Waals surface area contributed by atoms with Crippen LogP contribution in [0.1, 0.15) is 60.5 Å². The van der Waals surface area contributed by atoms with E-state index in [4.69, 9.17) is 0 Å². The Morgan fingerprint density at radius 1 is 1.00 bits per heavy atom. The maximum absolute atomic E-state index is 9.71. The van der Waals surface area contributed by atoms with Crippen LogP contribution in [-0.2, 0) is 6.42 Å². The third-order valence-corrected chi connectivity index (χ3v) is 3.89. The average Bonchev–Trinajstić information content (AvgIpc) is 2.58. The molecular formula is C20H39NO. The summed E-state index contributed by atoms with van der Waals surface area (Å²) < 4.78 is 0. The minimum absolute atomic E-state index is 0.207. The summed E-state index contributed by atoms with van der Waals surface area (Å²) in [6.07, 6.45) is 1.71. The lowest BCUT2D eigenvalue weighted by molar-refractivity contribution is 0.0902. The maximum atomic E-state index is 9.71. The molecule has 22 heavy (non-hydrogen) atoms. The fourth-order valence-corrected chi connectivity index (χ4v) is 2.22. The number of hydrogen-bond acceptors (Lipinski definition) is 2. The summed E-state index contributed by atoms with van der Waals surface area (Å²) in [5, 5.41) is 9.71. The van der Waals surface area contributed by atoms with Gasteiger partial charge in [-0.1, -0.05) is 71.9 Å². The van der Waals surface area contributed by atoms with Crippen molar-refractivity contribution in [2.24, 2.45) is 5.92 Å². The van der Waals surface area contributed by atoms with Gasteiger partial charge in [-0.05, 0) is 38.3 Å². The zero-order chi connectivity index (χ0) is 17.5. The van der Waals surface area contributed by atoms with Gasteiger partial charge in [0, 0.05) is 12.6 Å². The highest BCUT2D eigenvalue weighted by Crippen LogP contribution is 2.16. The van der Waals surface area contributed by atoms with Crippen LogP contribution in [0.4, 0.5) is 0 Å². The Labute approximate surface area is 139 Å². The lowest BCUT2D eigenvalue weighted by Crippen LogP contribution is -2.39. The van der Waals surface area contributed by atoms with Gasteiger partial charge in [0.25, 0.3) is 0 Å². The molecule has 0 aromatic heterocycles. The summed E-state index contributed by atoms with van der Waals surface area (Å²) >= 11 is 0. The molecular weight excluding hydrogens is 270 g/mol. The highest BCUT2D eigenvalue weighted by molar-refractivity contribution is 5.15. The first-order valence-corrected chi connectivity index (χ1v) is 8.96. The number of benzene rings is 1. The Bertz CT molecular complexity index is 326. The van der Waals surface area contributed by atoms with Crippen LogP contribution in [0.25, 0.3) is 0 Å².